The van der Waals surface area contributed by atoms with Crippen molar-refractivity contribution in [1.82, 2.24) is 15.0 Å². The molecule has 0 aliphatic carbocycles. The van der Waals surface area contributed by atoms with E-state index in [9.17, 15) is 14.5 Å². The first-order valence-electron chi connectivity index (χ1n) is 9.49. The zero-order valence-electron chi connectivity index (χ0n) is 16.9. The van der Waals surface area contributed by atoms with E-state index in [-0.39, 0.29) is 35.6 Å². The van der Waals surface area contributed by atoms with E-state index in [2.05, 4.69) is 20.3 Å². The van der Waals surface area contributed by atoms with Gasteiger partial charge in [-0.2, -0.15) is 9.97 Å². The number of fused-ring (bicyclic) bond motifs is 1. The average Bonchev–Trinajstić information content (AvgIpc) is 3.24. The number of aromatic amines is 1. The van der Waals surface area contributed by atoms with Gasteiger partial charge in [0.2, 0.25) is 11.8 Å². The fourth-order valence-electron chi connectivity index (χ4n) is 2.88. The number of methoxy groups -OCH3 is 1. The highest BCUT2D eigenvalue weighted by atomic mass is 19.1. The van der Waals surface area contributed by atoms with Gasteiger partial charge in [-0.25, -0.2) is 4.39 Å². The fourth-order valence-corrected chi connectivity index (χ4v) is 2.88. The molecular weight excluding hydrogens is 421 g/mol. The van der Waals surface area contributed by atoms with Gasteiger partial charge in [-0.15, -0.1) is 0 Å². The van der Waals surface area contributed by atoms with Gasteiger partial charge in [0.15, 0.2) is 11.6 Å². The van der Waals surface area contributed by atoms with Gasteiger partial charge in [-0.05, 0) is 24.3 Å². The zero-order chi connectivity index (χ0) is 22.5. The number of nitro groups is 1. The molecule has 4 rings (SSSR count). The van der Waals surface area contributed by atoms with Gasteiger partial charge in [-0.1, -0.05) is 6.07 Å². The number of nitro benzene ring substituents is 1. The van der Waals surface area contributed by atoms with Crippen molar-refractivity contribution in [2.24, 2.45) is 0 Å². The van der Waals surface area contributed by atoms with E-state index in [1.54, 1.807) is 24.4 Å². The van der Waals surface area contributed by atoms with Crippen molar-refractivity contribution in [3.63, 3.8) is 0 Å². The van der Waals surface area contributed by atoms with E-state index in [0.717, 1.165) is 0 Å². The molecule has 0 fully saturated rings. The van der Waals surface area contributed by atoms with Crippen LogP contribution in [0.5, 0.6) is 17.4 Å². The van der Waals surface area contributed by atoms with Crippen LogP contribution in [-0.4, -0.2) is 40.2 Å². The van der Waals surface area contributed by atoms with Crippen LogP contribution in [0.4, 0.5) is 21.7 Å². The van der Waals surface area contributed by atoms with Gasteiger partial charge in [0.1, 0.15) is 18.0 Å². The molecule has 4 aromatic rings. The van der Waals surface area contributed by atoms with Crippen LogP contribution >= 0.6 is 0 Å². The minimum absolute atomic E-state index is 0.100. The Balaban J connectivity index is 1.59. The summed E-state index contributed by atoms with van der Waals surface area (Å²) in [6, 6.07) is 11.8. The third-order valence-electron chi connectivity index (χ3n) is 4.36. The van der Waals surface area contributed by atoms with E-state index >= 15 is 0 Å². The molecule has 164 valence electrons. The lowest BCUT2D eigenvalue weighted by Gasteiger charge is -2.11. The van der Waals surface area contributed by atoms with Crippen LogP contribution in [0.15, 0.2) is 54.7 Å². The highest BCUT2D eigenvalue weighted by molar-refractivity contribution is 5.82. The lowest BCUT2D eigenvalue weighted by molar-refractivity contribution is -0.384. The van der Waals surface area contributed by atoms with Crippen molar-refractivity contribution in [3.8, 4) is 17.4 Å². The van der Waals surface area contributed by atoms with E-state index in [4.69, 9.17) is 14.2 Å². The summed E-state index contributed by atoms with van der Waals surface area (Å²) in [6.07, 6.45) is 1.66. The SMILES string of the molecule is COCCOc1ccc(Nc2nc(Oc3cccc([N+](=O)[O-])c3)c3cc[nH]c3n2)cc1F. The number of non-ortho nitro benzene ring substituents is 1. The molecule has 0 bridgehead atoms. The van der Waals surface area contributed by atoms with Crippen molar-refractivity contribution in [1.29, 1.82) is 0 Å². The maximum Gasteiger partial charge on any atom is 0.273 e. The number of ether oxygens (including phenoxy) is 3. The summed E-state index contributed by atoms with van der Waals surface area (Å²) in [5.41, 5.74) is 0.764. The maximum atomic E-state index is 14.3. The highest BCUT2D eigenvalue weighted by Gasteiger charge is 2.14. The first kappa shape index (κ1) is 21.0. The smallest absolute Gasteiger partial charge is 0.273 e. The highest BCUT2D eigenvalue weighted by Crippen LogP contribution is 2.31. The Kier molecular flexibility index (Phi) is 6.08. The van der Waals surface area contributed by atoms with Crippen molar-refractivity contribution in [2.45, 2.75) is 0 Å². The van der Waals surface area contributed by atoms with Crippen LogP contribution in [0.3, 0.4) is 0 Å². The predicted octanol–water partition coefficient (Wildman–Crippen LogP) is 4.57. The Bertz CT molecular complexity index is 1260. The average molecular weight is 439 g/mol. The minimum atomic E-state index is -0.555. The zero-order valence-corrected chi connectivity index (χ0v) is 16.9. The summed E-state index contributed by atoms with van der Waals surface area (Å²) in [7, 11) is 1.53. The number of aromatic nitrogens is 3. The predicted molar refractivity (Wildman–Crippen MR) is 114 cm³/mol. The molecule has 2 N–H and O–H groups in total. The minimum Gasteiger partial charge on any atom is -0.488 e. The number of nitrogens with one attached hydrogen (secondary N) is 2. The number of hydrogen-bond donors (Lipinski definition) is 2. The molecule has 0 saturated carbocycles. The fraction of sp³-hybridized carbons (Fsp3) is 0.143. The molecule has 2 aromatic carbocycles. The second kappa shape index (κ2) is 9.27. The van der Waals surface area contributed by atoms with Crippen molar-refractivity contribution >= 4 is 28.4 Å². The molecule has 32 heavy (non-hydrogen) atoms. The van der Waals surface area contributed by atoms with Crippen LogP contribution in [0.25, 0.3) is 11.0 Å². The molecule has 0 amide bonds. The Morgan fingerprint density at radius 1 is 1.16 bits per heavy atom. The molecule has 11 heteroatoms. The van der Waals surface area contributed by atoms with Crippen LogP contribution < -0.4 is 14.8 Å². The van der Waals surface area contributed by atoms with Crippen LogP contribution in [0.1, 0.15) is 0 Å². The summed E-state index contributed by atoms with van der Waals surface area (Å²) in [4.78, 5) is 22.2. The largest absolute Gasteiger partial charge is 0.488 e. The van der Waals surface area contributed by atoms with Gasteiger partial charge >= 0.3 is 0 Å². The first-order valence-corrected chi connectivity index (χ1v) is 9.49. The van der Waals surface area contributed by atoms with E-state index in [1.165, 1.54) is 37.4 Å². The van der Waals surface area contributed by atoms with Crippen LogP contribution in [0.2, 0.25) is 0 Å². The standard InChI is InChI=1S/C21H18FN5O5/c1-30-9-10-31-18-6-5-13(11-17(18)22)24-21-25-19-16(7-8-23-19)20(26-21)32-15-4-2-3-14(12-15)27(28)29/h2-8,11-12H,9-10H2,1H3,(H2,23,24,25,26). The number of hydrogen-bond acceptors (Lipinski definition) is 8. The number of rotatable bonds is 9. The van der Waals surface area contributed by atoms with Crippen molar-refractivity contribution in [3.05, 3.63) is 70.7 Å². The number of H-pyrrole nitrogens is 1. The van der Waals surface area contributed by atoms with Gasteiger partial charge in [0.25, 0.3) is 5.69 Å². The molecule has 10 nitrogen and oxygen atoms in total. The Morgan fingerprint density at radius 2 is 2.03 bits per heavy atom. The van der Waals surface area contributed by atoms with Crippen molar-refractivity contribution in [2.75, 3.05) is 25.6 Å². The number of benzene rings is 2. The second-order valence-corrected chi connectivity index (χ2v) is 6.56. The monoisotopic (exact) mass is 439 g/mol. The summed E-state index contributed by atoms with van der Waals surface area (Å²) in [5.74, 6) is 0.116. The molecular formula is C21H18FN5O5. The molecule has 0 aliphatic heterocycles. The Hall–Kier alpha value is -4.25. The van der Waals surface area contributed by atoms with Crippen LogP contribution in [-0.2, 0) is 4.74 Å². The summed E-state index contributed by atoms with van der Waals surface area (Å²) in [6.45, 7) is 0.571. The van der Waals surface area contributed by atoms with Crippen molar-refractivity contribution < 1.29 is 23.5 Å². The normalized spacial score (nSPS) is 10.8. The number of anilines is 2. The third-order valence-corrected chi connectivity index (χ3v) is 4.36. The molecule has 0 atom stereocenters. The van der Waals surface area contributed by atoms with E-state index < -0.39 is 10.7 Å². The third kappa shape index (κ3) is 4.73. The van der Waals surface area contributed by atoms with Gasteiger partial charge in [0.05, 0.1) is 23.0 Å². The number of halogens is 1. The summed E-state index contributed by atoms with van der Waals surface area (Å²) in [5, 5.41) is 14.5. The van der Waals surface area contributed by atoms with Gasteiger partial charge in [-0.3, -0.25) is 10.1 Å². The molecule has 2 aromatic heterocycles. The quantitative estimate of drug-likeness (QED) is 0.221. The molecule has 0 aliphatic rings. The molecule has 0 radical (unpaired) electrons. The summed E-state index contributed by atoms with van der Waals surface area (Å²) >= 11 is 0. The lowest BCUT2D eigenvalue weighted by atomic mass is 10.3. The maximum absolute atomic E-state index is 14.3. The van der Waals surface area contributed by atoms with E-state index in [1.807, 2.05) is 0 Å². The molecule has 0 saturated heterocycles. The van der Waals surface area contributed by atoms with Gasteiger partial charge in [0, 0.05) is 31.1 Å². The second-order valence-electron chi connectivity index (χ2n) is 6.56. The van der Waals surface area contributed by atoms with Gasteiger partial charge < -0.3 is 24.5 Å². The molecule has 0 unspecified atom stereocenters. The molecule has 0 spiro atoms. The Labute approximate surface area is 181 Å². The van der Waals surface area contributed by atoms with E-state index in [0.29, 0.717) is 23.3 Å². The first-order chi connectivity index (χ1) is 15.5. The summed E-state index contributed by atoms with van der Waals surface area (Å²) < 4.78 is 30.3. The Morgan fingerprint density at radius 3 is 2.81 bits per heavy atom. The molecule has 2 heterocycles. The lowest BCUT2D eigenvalue weighted by Crippen LogP contribution is -2.06. The number of nitrogens with zero attached hydrogens (tertiary/aromatic N) is 3. The topological polar surface area (TPSA) is 124 Å². The van der Waals surface area contributed by atoms with Crippen LogP contribution in [0, 0.1) is 15.9 Å².